The van der Waals surface area contributed by atoms with Gasteiger partial charge < -0.3 is 25.0 Å². The number of hydrogen-bond donors (Lipinski definition) is 2. The number of amides is 2. The first-order valence-electron chi connectivity index (χ1n) is 11.1. The van der Waals surface area contributed by atoms with Gasteiger partial charge in [0.15, 0.2) is 11.5 Å². The van der Waals surface area contributed by atoms with Crippen molar-refractivity contribution in [2.45, 2.75) is 36.8 Å². The van der Waals surface area contributed by atoms with Gasteiger partial charge in [-0.1, -0.05) is 11.8 Å². The number of methoxy groups -OCH3 is 2. The number of carbonyl (C=O) groups excluding carboxylic acids is 2. The Kier molecular flexibility index (Phi) is 7.54. The highest BCUT2D eigenvalue weighted by Gasteiger charge is 2.30. The maximum atomic E-state index is 12.4. The van der Waals surface area contributed by atoms with Crippen LogP contribution in [0.5, 0.6) is 11.5 Å². The van der Waals surface area contributed by atoms with Gasteiger partial charge in [-0.05, 0) is 37.8 Å². The van der Waals surface area contributed by atoms with E-state index in [2.05, 4.69) is 25.5 Å². The molecule has 0 spiro atoms. The zero-order valence-electron chi connectivity index (χ0n) is 18.9. The second-order valence-corrected chi connectivity index (χ2v) is 9.16. The van der Waals surface area contributed by atoms with Crippen LogP contribution in [0.1, 0.15) is 25.7 Å². The lowest BCUT2D eigenvalue weighted by Gasteiger charge is -2.32. The molecule has 2 N–H and O–H groups in total. The normalized spacial score (nSPS) is 16.2. The summed E-state index contributed by atoms with van der Waals surface area (Å²) in [5, 5.41) is 6.70. The molecular weight excluding hydrogens is 442 g/mol. The largest absolute Gasteiger partial charge is 0.493 e. The summed E-state index contributed by atoms with van der Waals surface area (Å²) < 4.78 is 10.5. The summed E-state index contributed by atoms with van der Waals surface area (Å²) in [6.45, 7) is 1.56. The van der Waals surface area contributed by atoms with Crippen LogP contribution in [0.25, 0.3) is 0 Å². The van der Waals surface area contributed by atoms with Gasteiger partial charge in [0.1, 0.15) is 17.2 Å². The van der Waals surface area contributed by atoms with Crippen LogP contribution in [-0.4, -0.2) is 60.9 Å². The van der Waals surface area contributed by atoms with Gasteiger partial charge >= 0.3 is 0 Å². The maximum absolute atomic E-state index is 12.4. The molecule has 0 unspecified atom stereocenters. The fourth-order valence-corrected chi connectivity index (χ4v) is 4.41. The van der Waals surface area contributed by atoms with E-state index in [9.17, 15) is 9.59 Å². The number of benzene rings is 1. The van der Waals surface area contributed by atoms with Gasteiger partial charge in [-0.15, -0.1) is 0 Å². The molecule has 176 valence electrons. The van der Waals surface area contributed by atoms with Gasteiger partial charge in [0.05, 0.1) is 20.0 Å². The van der Waals surface area contributed by atoms with Gasteiger partial charge in [0.25, 0.3) is 0 Å². The number of piperidine rings is 1. The highest BCUT2D eigenvalue weighted by molar-refractivity contribution is 7.99. The van der Waals surface area contributed by atoms with Crippen LogP contribution < -0.4 is 25.0 Å². The van der Waals surface area contributed by atoms with Crippen LogP contribution in [0.15, 0.2) is 35.6 Å². The molecule has 1 aliphatic heterocycles. The van der Waals surface area contributed by atoms with Crippen LogP contribution >= 0.6 is 11.8 Å². The lowest BCUT2D eigenvalue weighted by Crippen LogP contribution is -2.41. The van der Waals surface area contributed by atoms with Crippen molar-refractivity contribution < 1.29 is 19.1 Å². The van der Waals surface area contributed by atoms with E-state index in [1.807, 2.05) is 6.07 Å². The minimum atomic E-state index is -0.144. The predicted molar refractivity (Wildman–Crippen MR) is 127 cm³/mol. The third-order valence-corrected chi connectivity index (χ3v) is 6.69. The number of anilines is 2. The molecule has 33 heavy (non-hydrogen) atoms. The first-order chi connectivity index (χ1) is 16.1. The predicted octanol–water partition coefficient (Wildman–Crippen LogP) is 2.72. The van der Waals surface area contributed by atoms with Crippen LogP contribution in [0.4, 0.5) is 11.5 Å². The third-order valence-electron chi connectivity index (χ3n) is 5.76. The zero-order chi connectivity index (χ0) is 23.2. The minimum Gasteiger partial charge on any atom is -0.493 e. The Morgan fingerprint density at radius 1 is 1.06 bits per heavy atom. The van der Waals surface area contributed by atoms with E-state index in [1.54, 1.807) is 32.4 Å². The van der Waals surface area contributed by atoms with Crippen molar-refractivity contribution >= 4 is 35.1 Å². The van der Waals surface area contributed by atoms with Crippen molar-refractivity contribution in [3.63, 3.8) is 0 Å². The smallest absolute Gasteiger partial charge is 0.234 e. The average Bonchev–Trinajstić information content (AvgIpc) is 3.67. The molecule has 1 aromatic heterocycles. The molecule has 1 saturated carbocycles. The molecule has 4 rings (SSSR count). The Bertz CT molecular complexity index is 993. The Balaban J connectivity index is 1.27. The molecule has 9 nitrogen and oxygen atoms in total. The van der Waals surface area contributed by atoms with Crippen molar-refractivity contribution in [2.75, 3.05) is 43.3 Å². The summed E-state index contributed by atoms with van der Waals surface area (Å²) in [5.74, 6) is 2.33. The molecular formula is C23H29N5O4S. The summed E-state index contributed by atoms with van der Waals surface area (Å²) >= 11 is 1.35. The molecule has 2 aromatic rings. The van der Waals surface area contributed by atoms with Crippen LogP contribution in [0, 0.1) is 5.92 Å². The molecule has 2 aliphatic rings. The Morgan fingerprint density at radius 3 is 2.52 bits per heavy atom. The second kappa shape index (κ2) is 10.7. The standard InChI is InChI=1S/C23H29N5O4S/c1-31-18-6-5-17(11-19(18)32-2)26-21(29)13-33-22-12-20(24-14-25-22)28-9-7-15(8-10-28)23(30)27-16-3-4-16/h5-6,11-12,14-16H,3-4,7-10,13H2,1-2H3,(H,26,29)(H,27,30). The number of rotatable bonds is 9. The fourth-order valence-electron chi connectivity index (χ4n) is 3.75. The first-order valence-corrected chi connectivity index (χ1v) is 12.1. The molecule has 1 aliphatic carbocycles. The SMILES string of the molecule is COc1ccc(NC(=O)CSc2cc(N3CCC(C(=O)NC4CC4)CC3)ncn2)cc1OC. The number of nitrogens with one attached hydrogen (secondary N) is 2. The van der Waals surface area contributed by atoms with E-state index < -0.39 is 0 Å². The lowest BCUT2D eigenvalue weighted by molar-refractivity contribution is -0.125. The van der Waals surface area contributed by atoms with Crippen molar-refractivity contribution in [3.8, 4) is 11.5 Å². The van der Waals surface area contributed by atoms with Crippen LogP contribution in [0.3, 0.4) is 0 Å². The third kappa shape index (κ3) is 6.28. The van der Waals surface area contributed by atoms with Crippen LogP contribution in [0.2, 0.25) is 0 Å². The van der Waals surface area contributed by atoms with Crippen molar-refractivity contribution in [1.29, 1.82) is 0 Å². The maximum Gasteiger partial charge on any atom is 0.234 e. The molecule has 2 amide bonds. The number of hydrogen-bond acceptors (Lipinski definition) is 8. The zero-order valence-corrected chi connectivity index (χ0v) is 19.7. The molecule has 0 atom stereocenters. The van der Waals surface area contributed by atoms with Gasteiger partial charge in [-0.3, -0.25) is 9.59 Å². The molecule has 1 aromatic carbocycles. The number of thioether (sulfide) groups is 1. The summed E-state index contributed by atoms with van der Waals surface area (Å²) in [6.07, 6.45) is 5.38. The molecule has 0 radical (unpaired) electrons. The van der Waals surface area contributed by atoms with Gasteiger partial charge in [-0.25, -0.2) is 9.97 Å². The minimum absolute atomic E-state index is 0.0813. The summed E-state index contributed by atoms with van der Waals surface area (Å²) in [4.78, 5) is 35.6. The topological polar surface area (TPSA) is 106 Å². The highest BCUT2D eigenvalue weighted by Crippen LogP contribution is 2.30. The molecule has 2 fully saturated rings. The molecule has 10 heteroatoms. The summed E-state index contributed by atoms with van der Waals surface area (Å²) in [5.41, 5.74) is 0.634. The van der Waals surface area contributed by atoms with E-state index in [0.717, 1.165) is 49.6 Å². The number of nitrogens with zero attached hydrogens (tertiary/aromatic N) is 3. The molecule has 0 bridgehead atoms. The lowest BCUT2D eigenvalue weighted by atomic mass is 9.96. The first kappa shape index (κ1) is 23.2. The quantitative estimate of drug-likeness (QED) is 0.425. The molecule has 1 saturated heterocycles. The van der Waals surface area contributed by atoms with Crippen LogP contribution in [-0.2, 0) is 9.59 Å². The fraction of sp³-hybridized carbons (Fsp3) is 0.478. The van der Waals surface area contributed by atoms with E-state index in [1.165, 1.54) is 18.1 Å². The highest BCUT2D eigenvalue weighted by atomic mass is 32.2. The summed E-state index contributed by atoms with van der Waals surface area (Å²) in [6, 6.07) is 7.54. The van der Waals surface area contributed by atoms with Gasteiger partial charge in [-0.2, -0.15) is 0 Å². The van der Waals surface area contributed by atoms with E-state index >= 15 is 0 Å². The van der Waals surface area contributed by atoms with Crippen molar-refractivity contribution in [1.82, 2.24) is 15.3 Å². The van der Waals surface area contributed by atoms with Gasteiger partial charge in [0.2, 0.25) is 11.8 Å². The Labute approximate surface area is 197 Å². The van der Waals surface area contributed by atoms with E-state index in [-0.39, 0.29) is 23.5 Å². The monoisotopic (exact) mass is 471 g/mol. The number of aromatic nitrogens is 2. The second-order valence-electron chi connectivity index (χ2n) is 8.17. The number of ether oxygens (including phenoxy) is 2. The van der Waals surface area contributed by atoms with E-state index in [4.69, 9.17) is 9.47 Å². The molecule has 2 heterocycles. The summed E-state index contributed by atoms with van der Waals surface area (Å²) in [7, 11) is 3.12. The Hall–Kier alpha value is -3.01. The van der Waals surface area contributed by atoms with Crippen molar-refractivity contribution in [2.24, 2.45) is 5.92 Å². The van der Waals surface area contributed by atoms with Crippen molar-refractivity contribution in [3.05, 3.63) is 30.6 Å². The average molecular weight is 472 g/mol. The number of carbonyl (C=O) groups is 2. The van der Waals surface area contributed by atoms with Gasteiger partial charge in [0, 0.05) is 42.9 Å². The van der Waals surface area contributed by atoms with E-state index in [0.29, 0.717) is 23.2 Å². The Morgan fingerprint density at radius 2 is 1.82 bits per heavy atom.